The lowest BCUT2D eigenvalue weighted by atomic mass is 10.0. The number of rotatable bonds is 2. The standard InChI is InChI=1S/C27H37N3O3/c1-20-19-33-26-12-11-23(32-3)17-24(26)22-9-6-8-21(16-22)18-29(2)25(10-7-13-28-20)27(31)30-14-4-5-15-30/h6,8-9,11-12,16-17,20,25,28H,4-5,7,10,13-15,18-19H2,1-3H3/t20-,25+/m1/s1. The molecule has 0 radical (unpaired) electrons. The highest BCUT2D eigenvalue weighted by Crippen LogP contribution is 2.34. The molecule has 1 fully saturated rings. The van der Waals surface area contributed by atoms with Crippen molar-refractivity contribution in [2.24, 2.45) is 0 Å². The van der Waals surface area contributed by atoms with Gasteiger partial charge >= 0.3 is 0 Å². The SMILES string of the molecule is COc1ccc2c(c1)-c1cccc(c1)CN(C)[C@H](C(=O)N1CCCC1)CCCN[C@H](C)CO2. The molecule has 0 unspecified atom stereocenters. The Morgan fingerprint density at radius 1 is 1.12 bits per heavy atom. The first-order valence-electron chi connectivity index (χ1n) is 12.2. The van der Waals surface area contributed by atoms with Gasteiger partial charge in [0.25, 0.3) is 0 Å². The summed E-state index contributed by atoms with van der Waals surface area (Å²) >= 11 is 0. The molecular formula is C27H37N3O3. The van der Waals surface area contributed by atoms with Crippen molar-refractivity contribution >= 4 is 5.91 Å². The molecule has 6 heteroatoms. The first-order chi connectivity index (χ1) is 16.0. The van der Waals surface area contributed by atoms with Gasteiger partial charge in [0, 0.05) is 31.2 Å². The van der Waals surface area contributed by atoms with Gasteiger partial charge in [0.05, 0.1) is 13.2 Å². The van der Waals surface area contributed by atoms with E-state index in [-0.39, 0.29) is 18.0 Å². The van der Waals surface area contributed by atoms with Gasteiger partial charge in [-0.3, -0.25) is 9.69 Å². The lowest BCUT2D eigenvalue weighted by Crippen LogP contribution is -2.46. The van der Waals surface area contributed by atoms with Gasteiger partial charge < -0.3 is 19.7 Å². The number of ether oxygens (including phenoxy) is 2. The molecule has 2 aliphatic rings. The van der Waals surface area contributed by atoms with Crippen molar-refractivity contribution in [3.8, 4) is 22.6 Å². The van der Waals surface area contributed by atoms with Crippen LogP contribution in [0.5, 0.6) is 11.5 Å². The normalized spacial score (nSPS) is 22.6. The summed E-state index contributed by atoms with van der Waals surface area (Å²) in [5.41, 5.74) is 3.29. The largest absolute Gasteiger partial charge is 0.497 e. The van der Waals surface area contributed by atoms with E-state index in [4.69, 9.17) is 9.47 Å². The Labute approximate surface area is 197 Å². The van der Waals surface area contributed by atoms with Gasteiger partial charge in [-0.15, -0.1) is 0 Å². The lowest BCUT2D eigenvalue weighted by Gasteiger charge is -2.31. The Morgan fingerprint density at radius 2 is 1.94 bits per heavy atom. The molecular weight excluding hydrogens is 414 g/mol. The number of benzene rings is 2. The molecule has 0 aliphatic carbocycles. The topological polar surface area (TPSA) is 54.0 Å². The van der Waals surface area contributed by atoms with Gasteiger partial charge in [0.2, 0.25) is 5.91 Å². The van der Waals surface area contributed by atoms with Gasteiger partial charge in [-0.1, -0.05) is 18.2 Å². The first kappa shape index (κ1) is 23.6. The van der Waals surface area contributed by atoms with Crippen molar-refractivity contribution in [2.45, 2.75) is 51.2 Å². The molecule has 2 aromatic carbocycles. The van der Waals surface area contributed by atoms with E-state index >= 15 is 0 Å². The maximum Gasteiger partial charge on any atom is 0.239 e. The average molecular weight is 452 g/mol. The summed E-state index contributed by atoms with van der Waals surface area (Å²) in [6, 6.07) is 14.6. The number of hydrogen-bond acceptors (Lipinski definition) is 5. The van der Waals surface area contributed by atoms with Crippen molar-refractivity contribution in [1.82, 2.24) is 15.1 Å². The second kappa shape index (κ2) is 11.0. The zero-order valence-corrected chi connectivity index (χ0v) is 20.2. The molecule has 4 rings (SSSR count). The Kier molecular flexibility index (Phi) is 7.89. The number of nitrogens with one attached hydrogen (secondary N) is 1. The van der Waals surface area contributed by atoms with Crippen molar-refractivity contribution in [2.75, 3.05) is 40.4 Å². The van der Waals surface area contributed by atoms with Crippen LogP contribution in [-0.2, 0) is 11.3 Å². The summed E-state index contributed by atoms with van der Waals surface area (Å²) in [5, 5.41) is 3.56. The van der Waals surface area contributed by atoms with Gasteiger partial charge in [0.15, 0.2) is 0 Å². The van der Waals surface area contributed by atoms with Crippen LogP contribution in [0.3, 0.4) is 0 Å². The Bertz CT molecular complexity index is 942. The number of likely N-dealkylation sites (tertiary alicyclic amines) is 1. The molecule has 1 N–H and O–H groups in total. The van der Waals surface area contributed by atoms with Crippen LogP contribution in [0, 0.1) is 0 Å². The molecule has 0 aromatic heterocycles. The molecule has 2 aliphatic heterocycles. The van der Waals surface area contributed by atoms with E-state index in [1.54, 1.807) is 7.11 Å². The fourth-order valence-electron chi connectivity index (χ4n) is 4.82. The Hall–Kier alpha value is -2.57. The second-order valence-electron chi connectivity index (χ2n) is 9.33. The van der Waals surface area contributed by atoms with Crippen LogP contribution in [-0.4, -0.2) is 68.2 Å². The molecule has 2 atom stereocenters. The molecule has 178 valence electrons. The van der Waals surface area contributed by atoms with E-state index in [1.165, 1.54) is 5.56 Å². The third-order valence-corrected chi connectivity index (χ3v) is 6.73. The minimum absolute atomic E-state index is 0.0994. The number of likely N-dealkylation sites (N-methyl/N-ethyl adjacent to an activating group) is 1. The summed E-state index contributed by atoms with van der Waals surface area (Å²) in [6.45, 7) is 6.09. The molecule has 1 saturated heterocycles. The van der Waals surface area contributed by atoms with Crippen molar-refractivity contribution in [3.63, 3.8) is 0 Å². The number of carbonyl (C=O) groups is 1. The number of nitrogens with zero attached hydrogens (tertiary/aromatic N) is 2. The van der Waals surface area contributed by atoms with E-state index in [0.29, 0.717) is 6.61 Å². The molecule has 2 heterocycles. The molecule has 2 bridgehead atoms. The molecule has 6 nitrogen and oxygen atoms in total. The summed E-state index contributed by atoms with van der Waals surface area (Å²) < 4.78 is 11.7. The van der Waals surface area contributed by atoms with Crippen LogP contribution < -0.4 is 14.8 Å². The number of carbonyl (C=O) groups excluding carboxylic acids is 1. The van der Waals surface area contributed by atoms with E-state index in [0.717, 1.165) is 74.5 Å². The lowest BCUT2D eigenvalue weighted by molar-refractivity contribution is -0.136. The highest BCUT2D eigenvalue weighted by molar-refractivity contribution is 5.82. The van der Waals surface area contributed by atoms with Gasteiger partial charge in [-0.05, 0) is 81.6 Å². The smallest absolute Gasteiger partial charge is 0.239 e. The summed E-state index contributed by atoms with van der Waals surface area (Å²) in [5.74, 6) is 1.94. The van der Waals surface area contributed by atoms with Gasteiger partial charge in [0.1, 0.15) is 18.1 Å². The Balaban J connectivity index is 1.65. The fourth-order valence-corrected chi connectivity index (χ4v) is 4.82. The third kappa shape index (κ3) is 5.87. The van der Waals surface area contributed by atoms with Crippen molar-refractivity contribution in [3.05, 3.63) is 48.0 Å². The van der Waals surface area contributed by atoms with Crippen LogP contribution in [0.25, 0.3) is 11.1 Å². The summed E-state index contributed by atoms with van der Waals surface area (Å²) in [7, 11) is 3.77. The third-order valence-electron chi connectivity index (χ3n) is 6.73. The second-order valence-corrected chi connectivity index (χ2v) is 9.33. The highest BCUT2D eigenvalue weighted by Gasteiger charge is 2.29. The summed E-state index contributed by atoms with van der Waals surface area (Å²) in [4.78, 5) is 17.6. The predicted molar refractivity (Wildman–Crippen MR) is 132 cm³/mol. The van der Waals surface area contributed by atoms with Gasteiger partial charge in [-0.2, -0.15) is 0 Å². The van der Waals surface area contributed by atoms with E-state index < -0.39 is 0 Å². The van der Waals surface area contributed by atoms with Crippen LogP contribution in [0.4, 0.5) is 0 Å². The molecule has 2 aromatic rings. The maximum absolute atomic E-state index is 13.4. The van der Waals surface area contributed by atoms with Crippen LogP contribution >= 0.6 is 0 Å². The minimum atomic E-state index is -0.0994. The summed E-state index contributed by atoms with van der Waals surface area (Å²) in [6.07, 6.45) is 4.04. The van der Waals surface area contributed by atoms with Crippen LogP contribution in [0.15, 0.2) is 42.5 Å². The van der Waals surface area contributed by atoms with Crippen LogP contribution in [0.2, 0.25) is 0 Å². The predicted octanol–water partition coefficient (Wildman–Crippen LogP) is 3.94. The zero-order valence-electron chi connectivity index (χ0n) is 20.2. The Morgan fingerprint density at radius 3 is 2.73 bits per heavy atom. The van der Waals surface area contributed by atoms with E-state index in [1.807, 2.05) is 18.2 Å². The highest BCUT2D eigenvalue weighted by atomic mass is 16.5. The molecule has 1 amide bonds. The average Bonchev–Trinajstić information content (AvgIpc) is 3.37. The quantitative estimate of drug-likeness (QED) is 0.750. The number of fused-ring (bicyclic) bond motifs is 4. The fraction of sp³-hybridized carbons (Fsp3) is 0.519. The molecule has 0 spiro atoms. The van der Waals surface area contributed by atoms with Gasteiger partial charge in [-0.25, -0.2) is 0 Å². The minimum Gasteiger partial charge on any atom is -0.497 e. The maximum atomic E-state index is 13.4. The monoisotopic (exact) mass is 451 g/mol. The van der Waals surface area contributed by atoms with Crippen molar-refractivity contribution < 1.29 is 14.3 Å². The van der Waals surface area contributed by atoms with E-state index in [2.05, 4.69) is 53.4 Å². The zero-order chi connectivity index (χ0) is 23.2. The van der Waals surface area contributed by atoms with Crippen LogP contribution in [0.1, 0.15) is 38.2 Å². The number of hydrogen-bond donors (Lipinski definition) is 1. The first-order valence-corrected chi connectivity index (χ1v) is 12.2. The molecule has 0 saturated carbocycles. The number of methoxy groups -OCH3 is 1. The van der Waals surface area contributed by atoms with E-state index in [9.17, 15) is 4.79 Å². The molecule has 33 heavy (non-hydrogen) atoms. The van der Waals surface area contributed by atoms with Crippen molar-refractivity contribution in [1.29, 1.82) is 0 Å². The number of amides is 1.